The van der Waals surface area contributed by atoms with Gasteiger partial charge in [0.15, 0.2) is 0 Å². The van der Waals surface area contributed by atoms with Crippen molar-refractivity contribution in [2.24, 2.45) is 10.7 Å². The molecule has 2 heterocycles. The van der Waals surface area contributed by atoms with Gasteiger partial charge in [-0.05, 0) is 42.8 Å². The first kappa shape index (κ1) is 23.4. The molecule has 1 atom stereocenters. The fraction of sp³-hybridized carbons (Fsp3) is 0.263. The SMILES string of the molecule is CN1C(N)=NC(C)(c2cc(C=C(F)c3ccc(OC(F)(F)F)cn3)ccc2F)CS1(=O)=O. The van der Waals surface area contributed by atoms with Crippen LogP contribution in [0.3, 0.4) is 0 Å². The van der Waals surface area contributed by atoms with E-state index in [4.69, 9.17) is 5.73 Å². The van der Waals surface area contributed by atoms with Crippen molar-refractivity contribution >= 4 is 27.9 Å². The third kappa shape index (κ3) is 4.98. The molecule has 0 radical (unpaired) electrons. The molecule has 7 nitrogen and oxygen atoms in total. The molecule has 172 valence electrons. The Kier molecular flexibility index (Phi) is 5.89. The molecule has 0 saturated carbocycles. The number of sulfonamides is 1. The molecule has 2 aromatic rings. The van der Waals surface area contributed by atoms with Crippen LogP contribution in [0.15, 0.2) is 41.5 Å². The standard InChI is InChI=1S/C19H17F5N4O3S/c1-18(10-32(29,30)28(2)17(25)27-18)13-7-11(3-5-14(13)20)8-15(21)16-6-4-12(9-26-16)31-19(22,23)24/h3-9H,10H2,1-2H3,(H2,25,27). The minimum atomic E-state index is -4.91. The van der Waals surface area contributed by atoms with Gasteiger partial charge in [-0.25, -0.2) is 31.5 Å². The molecule has 1 aliphatic rings. The van der Waals surface area contributed by atoms with Gasteiger partial charge in [-0.3, -0.25) is 0 Å². The second-order valence-corrected chi connectivity index (χ2v) is 9.13. The van der Waals surface area contributed by atoms with Gasteiger partial charge in [0.1, 0.15) is 22.9 Å². The maximum absolute atomic E-state index is 14.6. The Morgan fingerprint density at radius 1 is 1.28 bits per heavy atom. The van der Waals surface area contributed by atoms with Gasteiger partial charge in [-0.1, -0.05) is 6.07 Å². The summed E-state index contributed by atoms with van der Waals surface area (Å²) in [6.45, 7) is 1.38. The van der Waals surface area contributed by atoms with Crippen molar-refractivity contribution in [2.45, 2.75) is 18.8 Å². The number of ether oxygens (including phenoxy) is 1. The van der Waals surface area contributed by atoms with Gasteiger partial charge in [0.2, 0.25) is 16.0 Å². The summed E-state index contributed by atoms with van der Waals surface area (Å²) in [5.41, 5.74) is 3.84. The van der Waals surface area contributed by atoms with E-state index in [1.807, 2.05) is 0 Å². The molecule has 0 fully saturated rings. The van der Waals surface area contributed by atoms with Crippen LogP contribution >= 0.6 is 0 Å². The highest BCUT2D eigenvalue weighted by Crippen LogP contribution is 2.34. The average molecular weight is 476 g/mol. The molecule has 0 bridgehead atoms. The van der Waals surface area contributed by atoms with Gasteiger partial charge in [0.25, 0.3) is 0 Å². The van der Waals surface area contributed by atoms with Crippen molar-refractivity contribution in [3.05, 3.63) is 59.2 Å². The van der Waals surface area contributed by atoms with Crippen LogP contribution in [0.5, 0.6) is 5.75 Å². The molecule has 0 amide bonds. The molecular weight excluding hydrogens is 459 g/mol. The summed E-state index contributed by atoms with van der Waals surface area (Å²) in [6.07, 6.45) is -3.24. The van der Waals surface area contributed by atoms with E-state index in [0.717, 1.165) is 28.6 Å². The molecule has 1 aromatic carbocycles. The monoisotopic (exact) mass is 476 g/mol. The van der Waals surface area contributed by atoms with Gasteiger partial charge in [-0.15, -0.1) is 13.2 Å². The van der Waals surface area contributed by atoms with Crippen LogP contribution in [0.4, 0.5) is 22.0 Å². The first-order valence-electron chi connectivity index (χ1n) is 8.91. The number of hydrogen-bond acceptors (Lipinski definition) is 6. The lowest BCUT2D eigenvalue weighted by molar-refractivity contribution is -0.274. The summed E-state index contributed by atoms with van der Waals surface area (Å²) in [5.74, 6) is -3.20. The summed E-state index contributed by atoms with van der Waals surface area (Å²) in [5, 5.41) is 0. The maximum atomic E-state index is 14.6. The maximum Gasteiger partial charge on any atom is 0.573 e. The predicted octanol–water partition coefficient (Wildman–Crippen LogP) is 3.39. The summed E-state index contributed by atoms with van der Waals surface area (Å²) >= 11 is 0. The number of aromatic nitrogens is 1. The average Bonchev–Trinajstić information content (AvgIpc) is 2.66. The zero-order valence-electron chi connectivity index (χ0n) is 16.7. The van der Waals surface area contributed by atoms with Crippen molar-refractivity contribution in [1.29, 1.82) is 0 Å². The number of alkyl halides is 3. The number of nitrogens with two attached hydrogens (primary N) is 1. The Morgan fingerprint density at radius 3 is 2.53 bits per heavy atom. The van der Waals surface area contributed by atoms with E-state index < -0.39 is 45.1 Å². The van der Waals surface area contributed by atoms with Crippen molar-refractivity contribution in [3.63, 3.8) is 0 Å². The van der Waals surface area contributed by atoms with Crippen molar-refractivity contribution in [3.8, 4) is 5.75 Å². The fourth-order valence-electron chi connectivity index (χ4n) is 3.07. The minimum absolute atomic E-state index is 0.124. The Labute approximate surface area is 180 Å². The summed E-state index contributed by atoms with van der Waals surface area (Å²) in [7, 11) is -2.64. The number of hydrogen-bond donors (Lipinski definition) is 1. The number of nitrogens with zero attached hydrogens (tertiary/aromatic N) is 3. The van der Waals surface area contributed by atoms with E-state index in [-0.39, 0.29) is 22.8 Å². The van der Waals surface area contributed by atoms with Gasteiger partial charge in [0.05, 0.1) is 17.6 Å². The molecule has 0 saturated heterocycles. The van der Waals surface area contributed by atoms with Gasteiger partial charge in [0, 0.05) is 12.6 Å². The Morgan fingerprint density at radius 2 is 1.97 bits per heavy atom. The van der Waals surface area contributed by atoms with Crippen molar-refractivity contribution in [2.75, 3.05) is 12.8 Å². The van der Waals surface area contributed by atoms with Crippen LogP contribution in [0.25, 0.3) is 11.9 Å². The zero-order valence-corrected chi connectivity index (χ0v) is 17.5. The first-order valence-corrected chi connectivity index (χ1v) is 10.5. The van der Waals surface area contributed by atoms with Crippen LogP contribution in [0.1, 0.15) is 23.7 Å². The lowest BCUT2D eigenvalue weighted by Crippen LogP contribution is -2.50. The van der Waals surface area contributed by atoms with E-state index in [9.17, 15) is 30.4 Å². The Balaban J connectivity index is 1.94. The normalized spacial score (nSPS) is 21.3. The topological polar surface area (TPSA) is 97.9 Å². The number of pyridine rings is 1. The lowest BCUT2D eigenvalue weighted by Gasteiger charge is -2.34. The predicted molar refractivity (Wildman–Crippen MR) is 107 cm³/mol. The molecule has 0 aliphatic carbocycles. The van der Waals surface area contributed by atoms with Crippen molar-refractivity contribution in [1.82, 2.24) is 9.29 Å². The van der Waals surface area contributed by atoms with Crippen LogP contribution in [-0.4, -0.2) is 42.8 Å². The molecular formula is C19H17F5N4O3S. The molecule has 1 aromatic heterocycles. The van der Waals surface area contributed by atoms with E-state index in [1.54, 1.807) is 0 Å². The third-order valence-corrected chi connectivity index (χ3v) is 6.59. The van der Waals surface area contributed by atoms with Crippen LogP contribution in [-0.2, 0) is 15.6 Å². The molecule has 0 spiro atoms. The highest BCUT2D eigenvalue weighted by molar-refractivity contribution is 7.89. The van der Waals surface area contributed by atoms with Gasteiger partial charge < -0.3 is 10.5 Å². The number of benzene rings is 1. The Hall–Kier alpha value is -3.22. The quantitative estimate of drug-likeness (QED) is 0.683. The molecule has 13 heteroatoms. The van der Waals surface area contributed by atoms with E-state index in [2.05, 4.69) is 14.7 Å². The molecule has 32 heavy (non-hydrogen) atoms. The van der Waals surface area contributed by atoms with E-state index >= 15 is 0 Å². The second kappa shape index (κ2) is 8.04. The number of guanidine groups is 1. The van der Waals surface area contributed by atoms with E-state index in [1.165, 1.54) is 26.1 Å². The highest BCUT2D eigenvalue weighted by Gasteiger charge is 2.41. The molecule has 1 aliphatic heterocycles. The number of halogens is 5. The second-order valence-electron chi connectivity index (χ2n) is 7.13. The van der Waals surface area contributed by atoms with Crippen LogP contribution in [0.2, 0.25) is 0 Å². The molecule has 3 rings (SSSR count). The number of aliphatic imine (C=N–C) groups is 1. The van der Waals surface area contributed by atoms with Crippen molar-refractivity contribution < 1.29 is 35.1 Å². The van der Waals surface area contributed by atoms with Gasteiger partial charge in [-0.2, -0.15) is 0 Å². The summed E-state index contributed by atoms with van der Waals surface area (Å²) in [6, 6.07) is 5.34. The lowest BCUT2D eigenvalue weighted by atomic mass is 9.92. The molecule has 2 N–H and O–H groups in total. The number of rotatable bonds is 4. The summed E-state index contributed by atoms with van der Waals surface area (Å²) < 4.78 is 94.9. The molecule has 1 unspecified atom stereocenters. The third-order valence-electron chi connectivity index (χ3n) is 4.64. The van der Waals surface area contributed by atoms with E-state index in [0.29, 0.717) is 6.20 Å². The summed E-state index contributed by atoms with van der Waals surface area (Å²) in [4.78, 5) is 7.68. The Bertz CT molecular complexity index is 1200. The van der Waals surface area contributed by atoms with Gasteiger partial charge >= 0.3 is 6.36 Å². The van der Waals surface area contributed by atoms with Crippen LogP contribution < -0.4 is 10.5 Å². The zero-order chi connectivity index (χ0) is 23.9. The fourth-order valence-corrected chi connectivity index (χ4v) is 4.52. The smallest absolute Gasteiger partial charge is 0.404 e. The highest BCUT2D eigenvalue weighted by atomic mass is 32.2. The minimum Gasteiger partial charge on any atom is -0.404 e. The first-order chi connectivity index (χ1) is 14.7. The van der Waals surface area contributed by atoms with Crippen LogP contribution in [0, 0.1) is 5.82 Å². The largest absolute Gasteiger partial charge is 0.573 e.